The van der Waals surface area contributed by atoms with E-state index in [1.54, 1.807) is 30.3 Å². The monoisotopic (exact) mass is 349 g/mol. The van der Waals surface area contributed by atoms with Crippen LogP contribution in [0.15, 0.2) is 40.9 Å². The van der Waals surface area contributed by atoms with Crippen molar-refractivity contribution in [2.24, 2.45) is 0 Å². The topological polar surface area (TPSA) is 78.9 Å². The van der Waals surface area contributed by atoms with Gasteiger partial charge in [0.25, 0.3) is 5.91 Å². The summed E-state index contributed by atoms with van der Waals surface area (Å²) < 4.78 is 0.625. The van der Waals surface area contributed by atoms with Gasteiger partial charge in [0.05, 0.1) is 17.3 Å². The molecule has 2 aromatic rings. The Morgan fingerprint density at radius 1 is 1.30 bits per heavy atom. The first-order valence-electron chi connectivity index (χ1n) is 5.56. The first-order chi connectivity index (χ1) is 9.49. The fourth-order valence-electron chi connectivity index (χ4n) is 1.62. The Labute approximate surface area is 129 Å². The van der Waals surface area contributed by atoms with Gasteiger partial charge in [-0.3, -0.25) is 4.79 Å². The highest BCUT2D eigenvalue weighted by Gasteiger charge is 2.10. The maximum absolute atomic E-state index is 12.1. The fraction of sp³-hybridized carbons (Fsp3) is 0. The minimum Gasteiger partial charge on any atom is -0.399 e. The second-order valence-electron chi connectivity index (χ2n) is 4.03. The third-order valence-electron chi connectivity index (χ3n) is 2.53. The minimum absolute atomic E-state index is 0.329. The summed E-state index contributed by atoms with van der Waals surface area (Å²) in [7, 11) is 0. The number of rotatable bonds is 2. The standard InChI is InChI=1S/C14H9BrClN3O/c15-12-3-8(7-17)1-2-13(12)19-14(20)9-4-10(16)6-11(18)5-9/h1-6H,18H2,(H,19,20). The van der Waals surface area contributed by atoms with Gasteiger partial charge in [-0.1, -0.05) is 11.6 Å². The van der Waals surface area contributed by atoms with Crippen LogP contribution in [0.3, 0.4) is 0 Å². The molecular weight excluding hydrogens is 342 g/mol. The number of nitriles is 1. The third-order valence-corrected chi connectivity index (χ3v) is 3.40. The number of nitrogens with one attached hydrogen (secondary N) is 1. The lowest BCUT2D eigenvalue weighted by molar-refractivity contribution is 0.102. The number of carbonyl (C=O) groups is 1. The van der Waals surface area contributed by atoms with E-state index in [-0.39, 0.29) is 5.91 Å². The van der Waals surface area contributed by atoms with Crippen LogP contribution < -0.4 is 11.1 Å². The molecule has 0 radical (unpaired) electrons. The number of hydrogen-bond acceptors (Lipinski definition) is 3. The molecule has 100 valence electrons. The maximum atomic E-state index is 12.1. The van der Waals surface area contributed by atoms with Gasteiger partial charge in [0.1, 0.15) is 0 Å². The van der Waals surface area contributed by atoms with Gasteiger partial charge in [0, 0.05) is 20.7 Å². The van der Waals surface area contributed by atoms with E-state index in [1.165, 1.54) is 6.07 Å². The summed E-state index contributed by atoms with van der Waals surface area (Å²) in [6.07, 6.45) is 0. The van der Waals surface area contributed by atoms with Crippen molar-refractivity contribution >= 4 is 44.8 Å². The van der Waals surface area contributed by atoms with Crippen molar-refractivity contribution in [2.45, 2.75) is 0 Å². The summed E-state index contributed by atoms with van der Waals surface area (Å²) in [6.45, 7) is 0. The van der Waals surface area contributed by atoms with E-state index in [9.17, 15) is 4.79 Å². The average Bonchev–Trinajstić information content (AvgIpc) is 2.39. The van der Waals surface area contributed by atoms with Crippen molar-refractivity contribution in [3.8, 4) is 6.07 Å². The minimum atomic E-state index is -0.329. The van der Waals surface area contributed by atoms with Crippen LogP contribution in [-0.4, -0.2) is 5.91 Å². The molecule has 0 saturated heterocycles. The molecule has 0 heterocycles. The smallest absolute Gasteiger partial charge is 0.255 e. The van der Waals surface area contributed by atoms with E-state index in [2.05, 4.69) is 21.2 Å². The summed E-state index contributed by atoms with van der Waals surface area (Å²) in [5.41, 5.74) is 7.50. The molecule has 0 aromatic heterocycles. The van der Waals surface area contributed by atoms with E-state index in [0.29, 0.717) is 32.0 Å². The van der Waals surface area contributed by atoms with Crippen LogP contribution in [0.2, 0.25) is 5.02 Å². The Morgan fingerprint density at radius 3 is 2.65 bits per heavy atom. The fourth-order valence-corrected chi connectivity index (χ4v) is 2.35. The lowest BCUT2D eigenvalue weighted by Gasteiger charge is -2.08. The van der Waals surface area contributed by atoms with Gasteiger partial charge in [-0.2, -0.15) is 5.26 Å². The van der Waals surface area contributed by atoms with Crippen LogP contribution in [0, 0.1) is 11.3 Å². The summed E-state index contributed by atoms with van der Waals surface area (Å²) in [4.78, 5) is 12.1. The van der Waals surface area contributed by atoms with Crippen LogP contribution in [-0.2, 0) is 0 Å². The number of halogens is 2. The molecule has 0 fully saturated rings. The van der Waals surface area contributed by atoms with Crippen molar-refractivity contribution in [2.75, 3.05) is 11.1 Å². The van der Waals surface area contributed by atoms with Crippen molar-refractivity contribution in [1.82, 2.24) is 0 Å². The number of anilines is 2. The van der Waals surface area contributed by atoms with Crippen molar-refractivity contribution in [3.63, 3.8) is 0 Å². The summed E-state index contributed by atoms with van der Waals surface area (Å²) >= 11 is 9.16. The first-order valence-corrected chi connectivity index (χ1v) is 6.74. The van der Waals surface area contributed by atoms with Crippen molar-refractivity contribution < 1.29 is 4.79 Å². The van der Waals surface area contributed by atoms with Crippen molar-refractivity contribution in [1.29, 1.82) is 5.26 Å². The molecule has 0 bridgehead atoms. The Kier molecular flexibility index (Phi) is 4.28. The van der Waals surface area contributed by atoms with Crippen LogP contribution in [0.4, 0.5) is 11.4 Å². The second-order valence-corrected chi connectivity index (χ2v) is 5.32. The lowest BCUT2D eigenvalue weighted by Crippen LogP contribution is -2.12. The van der Waals surface area contributed by atoms with Gasteiger partial charge in [-0.05, 0) is 52.3 Å². The highest BCUT2D eigenvalue weighted by Crippen LogP contribution is 2.25. The first kappa shape index (κ1) is 14.4. The SMILES string of the molecule is N#Cc1ccc(NC(=O)c2cc(N)cc(Cl)c2)c(Br)c1. The number of amides is 1. The van der Waals surface area contributed by atoms with Gasteiger partial charge in [0.2, 0.25) is 0 Å². The number of nitrogens with zero attached hydrogens (tertiary/aromatic N) is 1. The Morgan fingerprint density at radius 2 is 2.05 bits per heavy atom. The van der Waals surface area contributed by atoms with Gasteiger partial charge in [-0.25, -0.2) is 0 Å². The molecule has 0 aliphatic carbocycles. The summed E-state index contributed by atoms with van der Waals surface area (Å²) in [6, 6.07) is 11.5. The molecule has 2 rings (SSSR count). The van der Waals surface area contributed by atoms with Crippen LogP contribution >= 0.6 is 27.5 Å². The molecule has 4 nitrogen and oxygen atoms in total. The zero-order valence-corrected chi connectivity index (χ0v) is 12.5. The molecule has 1 amide bonds. The van der Waals surface area contributed by atoms with E-state index >= 15 is 0 Å². The predicted octanol–water partition coefficient (Wildman–Crippen LogP) is 3.81. The molecule has 0 unspecified atom stereocenters. The highest BCUT2D eigenvalue weighted by molar-refractivity contribution is 9.10. The Balaban J connectivity index is 2.26. The molecule has 20 heavy (non-hydrogen) atoms. The molecule has 3 N–H and O–H groups in total. The quantitative estimate of drug-likeness (QED) is 0.808. The molecule has 0 aliphatic heterocycles. The Hall–Kier alpha value is -2.03. The average molecular weight is 351 g/mol. The molecule has 0 atom stereocenters. The predicted molar refractivity (Wildman–Crippen MR) is 82.7 cm³/mol. The number of nitrogen functional groups attached to an aromatic ring is 1. The molecular formula is C14H9BrClN3O. The van der Waals surface area contributed by atoms with E-state index in [1.807, 2.05) is 6.07 Å². The number of hydrogen-bond donors (Lipinski definition) is 2. The van der Waals surface area contributed by atoms with Crippen molar-refractivity contribution in [3.05, 3.63) is 57.0 Å². The van der Waals surface area contributed by atoms with Crippen LogP contribution in [0.1, 0.15) is 15.9 Å². The van der Waals surface area contributed by atoms with Gasteiger partial charge < -0.3 is 11.1 Å². The zero-order valence-electron chi connectivity index (χ0n) is 10.2. The Bertz CT molecular complexity index is 705. The largest absolute Gasteiger partial charge is 0.399 e. The molecule has 6 heteroatoms. The van der Waals surface area contributed by atoms with E-state index in [0.717, 1.165) is 0 Å². The highest BCUT2D eigenvalue weighted by atomic mass is 79.9. The zero-order chi connectivity index (χ0) is 14.7. The third kappa shape index (κ3) is 3.29. The van der Waals surface area contributed by atoms with Crippen LogP contribution in [0.25, 0.3) is 0 Å². The van der Waals surface area contributed by atoms with Crippen LogP contribution in [0.5, 0.6) is 0 Å². The summed E-state index contributed by atoms with van der Waals surface area (Å²) in [5.74, 6) is -0.329. The number of benzene rings is 2. The second kappa shape index (κ2) is 5.95. The molecule has 0 spiro atoms. The summed E-state index contributed by atoms with van der Waals surface area (Å²) in [5, 5.41) is 11.9. The van der Waals surface area contributed by atoms with E-state index in [4.69, 9.17) is 22.6 Å². The molecule has 0 aliphatic rings. The molecule has 2 aromatic carbocycles. The van der Waals surface area contributed by atoms with Gasteiger partial charge in [0.15, 0.2) is 0 Å². The van der Waals surface area contributed by atoms with Gasteiger partial charge in [-0.15, -0.1) is 0 Å². The molecule has 0 saturated carbocycles. The van der Waals surface area contributed by atoms with Gasteiger partial charge >= 0.3 is 0 Å². The normalized spacial score (nSPS) is 9.85. The lowest BCUT2D eigenvalue weighted by atomic mass is 10.1. The van der Waals surface area contributed by atoms with E-state index < -0.39 is 0 Å². The maximum Gasteiger partial charge on any atom is 0.255 e. The number of nitrogens with two attached hydrogens (primary N) is 1. The number of carbonyl (C=O) groups excluding carboxylic acids is 1.